The van der Waals surface area contributed by atoms with E-state index in [9.17, 15) is 13.2 Å². The molecule has 0 saturated heterocycles. The van der Waals surface area contributed by atoms with Gasteiger partial charge in [0.25, 0.3) is 0 Å². The highest BCUT2D eigenvalue weighted by Crippen LogP contribution is 2.36. The molecule has 0 fully saturated rings. The van der Waals surface area contributed by atoms with Crippen LogP contribution >= 0.6 is 15.9 Å². The third-order valence-electron chi connectivity index (χ3n) is 3.61. The fourth-order valence-electron chi connectivity index (χ4n) is 2.53. The predicted octanol–water partition coefficient (Wildman–Crippen LogP) is 5.32. The second-order valence-corrected chi connectivity index (χ2v) is 6.16. The molecule has 3 nitrogen and oxygen atoms in total. The van der Waals surface area contributed by atoms with Crippen molar-refractivity contribution < 1.29 is 13.2 Å². The molecule has 24 heavy (non-hydrogen) atoms. The topological polar surface area (TPSA) is 29.9 Å². The number of halogens is 4. The van der Waals surface area contributed by atoms with Crippen LogP contribution in [0.25, 0.3) is 11.1 Å². The van der Waals surface area contributed by atoms with E-state index in [1.165, 1.54) is 24.3 Å². The average molecular weight is 396 g/mol. The number of hydrogen-bond acceptors (Lipinski definition) is 2. The minimum absolute atomic E-state index is 0.239. The highest BCUT2D eigenvalue weighted by Gasteiger charge is 2.19. The Morgan fingerprint density at radius 2 is 1.71 bits per heavy atom. The Morgan fingerprint density at radius 3 is 2.38 bits per heavy atom. The van der Waals surface area contributed by atoms with E-state index in [-0.39, 0.29) is 11.4 Å². The van der Waals surface area contributed by atoms with Gasteiger partial charge in [0, 0.05) is 23.2 Å². The number of hydrogen-bond donors (Lipinski definition) is 1. The van der Waals surface area contributed by atoms with Crippen LogP contribution in [0.1, 0.15) is 5.69 Å². The third kappa shape index (κ3) is 3.03. The Balaban J connectivity index is 2.12. The lowest BCUT2D eigenvalue weighted by atomic mass is 10.0. The normalized spacial score (nSPS) is 10.9. The van der Waals surface area contributed by atoms with Crippen molar-refractivity contribution in [1.82, 2.24) is 9.78 Å². The Kier molecular flexibility index (Phi) is 4.36. The van der Waals surface area contributed by atoms with Gasteiger partial charge in [-0.05, 0) is 53.2 Å². The molecule has 0 aliphatic rings. The fourth-order valence-corrected chi connectivity index (χ4v) is 2.98. The van der Waals surface area contributed by atoms with Gasteiger partial charge in [-0.3, -0.25) is 4.68 Å². The van der Waals surface area contributed by atoms with Gasteiger partial charge in [-0.15, -0.1) is 0 Å². The molecule has 2 aromatic carbocycles. The van der Waals surface area contributed by atoms with Crippen LogP contribution in [0.15, 0.2) is 40.9 Å². The molecule has 124 valence electrons. The maximum Gasteiger partial charge on any atom is 0.136 e. The molecule has 0 radical (unpaired) electrons. The van der Waals surface area contributed by atoms with E-state index in [0.29, 0.717) is 27.2 Å². The largest absolute Gasteiger partial charge is 0.339 e. The Labute approximate surface area is 145 Å². The molecule has 0 atom stereocenters. The quantitative estimate of drug-likeness (QED) is 0.650. The zero-order chi connectivity index (χ0) is 17.4. The zero-order valence-corrected chi connectivity index (χ0v) is 14.5. The van der Waals surface area contributed by atoms with E-state index < -0.39 is 11.6 Å². The summed E-state index contributed by atoms with van der Waals surface area (Å²) in [6.07, 6.45) is 0. The van der Waals surface area contributed by atoms with E-state index in [1.807, 2.05) is 0 Å². The van der Waals surface area contributed by atoms with Crippen molar-refractivity contribution in [2.24, 2.45) is 7.05 Å². The van der Waals surface area contributed by atoms with Crippen LogP contribution in [0.3, 0.4) is 0 Å². The number of rotatable bonds is 3. The SMILES string of the molecule is Cc1nn(C)c(Nc2ccc(F)cc2Br)c1-c1ccc(F)cc1F. The Bertz CT molecular complexity index is 922. The van der Waals surface area contributed by atoms with Crippen molar-refractivity contribution in [3.8, 4) is 11.1 Å². The summed E-state index contributed by atoms with van der Waals surface area (Å²) in [4.78, 5) is 0. The van der Waals surface area contributed by atoms with E-state index in [4.69, 9.17) is 0 Å². The predicted molar refractivity (Wildman–Crippen MR) is 90.7 cm³/mol. The number of aromatic nitrogens is 2. The monoisotopic (exact) mass is 395 g/mol. The smallest absolute Gasteiger partial charge is 0.136 e. The maximum atomic E-state index is 14.2. The zero-order valence-electron chi connectivity index (χ0n) is 12.9. The van der Waals surface area contributed by atoms with Gasteiger partial charge in [-0.1, -0.05) is 0 Å². The van der Waals surface area contributed by atoms with Crippen LogP contribution in [0.2, 0.25) is 0 Å². The van der Waals surface area contributed by atoms with E-state index in [0.717, 1.165) is 6.07 Å². The van der Waals surface area contributed by atoms with Crippen molar-refractivity contribution in [1.29, 1.82) is 0 Å². The molecule has 0 aliphatic carbocycles. The van der Waals surface area contributed by atoms with Crippen molar-refractivity contribution >= 4 is 27.4 Å². The minimum atomic E-state index is -0.674. The van der Waals surface area contributed by atoms with Gasteiger partial charge < -0.3 is 5.32 Å². The van der Waals surface area contributed by atoms with E-state index >= 15 is 0 Å². The molecular weight excluding hydrogens is 383 g/mol. The summed E-state index contributed by atoms with van der Waals surface area (Å²) in [5.41, 5.74) is 1.95. The molecule has 0 saturated carbocycles. The van der Waals surface area contributed by atoms with E-state index in [2.05, 4.69) is 26.3 Å². The number of nitrogens with one attached hydrogen (secondary N) is 1. The molecule has 3 rings (SSSR count). The van der Waals surface area contributed by atoms with Gasteiger partial charge in [0.15, 0.2) is 0 Å². The number of aryl methyl sites for hydroxylation is 2. The van der Waals surface area contributed by atoms with Crippen molar-refractivity contribution in [3.63, 3.8) is 0 Å². The molecule has 0 amide bonds. The van der Waals surface area contributed by atoms with Gasteiger partial charge in [-0.25, -0.2) is 13.2 Å². The molecule has 7 heteroatoms. The molecule has 0 aliphatic heterocycles. The summed E-state index contributed by atoms with van der Waals surface area (Å²) in [6, 6.07) is 7.60. The second-order valence-electron chi connectivity index (χ2n) is 5.31. The van der Waals surface area contributed by atoms with E-state index in [1.54, 1.807) is 24.7 Å². The van der Waals surface area contributed by atoms with Gasteiger partial charge in [0.1, 0.15) is 23.3 Å². The summed E-state index contributed by atoms with van der Waals surface area (Å²) in [6.45, 7) is 1.74. The first-order valence-corrected chi connectivity index (χ1v) is 7.87. The van der Waals surface area contributed by atoms with Crippen LogP contribution < -0.4 is 5.32 Å². The fraction of sp³-hybridized carbons (Fsp3) is 0.118. The minimum Gasteiger partial charge on any atom is -0.339 e. The van der Waals surface area contributed by atoms with Crippen molar-refractivity contribution in [2.45, 2.75) is 6.92 Å². The van der Waals surface area contributed by atoms with Gasteiger partial charge in [0.05, 0.1) is 16.9 Å². The van der Waals surface area contributed by atoms with Crippen molar-refractivity contribution in [3.05, 3.63) is 64.0 Å². The molecule has 3 aromatic rings. The lowest BCUT2D eigenvalue weighted by molar-refractivity contribution is 0.585. The molecule has 0 unspecified atom stereocenters. The lowest BCUT2D eigenvalue weighted by Crippen LogP contribution is -2.01. The number of anilines is 2. The molecule has 0 bridgehead atoms. The molecule has 1 heterocycles. The van der Waals surface area contributed by atoms with Crippen LogP contribution in [0.4, 0.5) is 24.7 Å². The standard InChI is InChI=1S/C17H13BrF3N3/c1-9-16(12-5-3-11(20)8-14(12)21)17(24(2)23-9)22-15-6-4-10(19)7-13(15)18/h3-8,22H,1-2H3. The first kappa shape index (κ1) is 16.6. The molecule has 1 aromatic heterocycles. The molecule has 1 N–H and O–H groups in total. The van der Waals surface area contributed by atoms with Gasteiger partial charge in [-0.2, -0.15) is 5.10 Å². The summed E-state index contributed by atoms with van der Waals surface area (Å²) in [7, 11) is 1.71. The second kappa shape index (κ2) is 6.32. The molecule has 0 spiro atoms. The average Bonchev–Trinajstić information content (AvgIpc) is 2.76. The summed E-state index contributed by atoms with van der Waals surface area (Å²) < 4.78 is 42.7. The van der Waals surface area contributed by atoms with Crippen LogP contribution in [-0.4, -0.2) is 9.78 Å². The van der Waals surface area contributed by atoms with Crippen molar-refractivity contribution in [2.75, 3.05) is 5.32 Å². The number of benzene rings is 2. The maximum absolute atomic E-state index is 14.2. The highest BCUT2D eigenvalue weighted by molar-refractivity contribution is 9.10. The van der Waals surface area contributed by atoms with Crippen LogP contribution in [0, 0.1) is 24.4 Å². The third-order valence-corrected chi connectivity index (χ3v) is 4.26. The van der Waals surface area contributed by atoms with Gasteiger partial charge >= 0.3 is 0 Å². The number of nitrogens with zero attached hydrogens (tertiary/aromatic N) is 2. The lowest BCUT2D eigenvalue weighted by Gasteiger charge is -2.12. The summed E-state index contributed by atoms with van der Waals surface area (Å²) in [5.74, 6) is -1.18. The first-order valence-electron chi connectivity index (χ1n) is 7.08. The Morgan fingerprint density at radius 1 is 1.04 bits per heavy atom. The van der Waals surface area contributed by atoms with Crippen LogP contribution in [-0.2, 0) is 7.05 Å². The van der Waals surface area contributed by atoms with Crippen LogP contribution in [0.5, 0.6) is 0 Å². The molecular formula is C17H13BrF3N3. The highest BCUT2D eigenvalue weighted by atomic mass is 79.9. The first-order chi connectivity index (χ1) is 11.4. The summed E-state index contributed by atoms with van der Waals surface area (Å²) >= 11 is 3.28. The van der Waals surface area contributed by atoms with Gasteiger partial charge in [0.2, 0.25) is 0 Å². The summed E-state index contributed by atoms with van der Waals surface area (Å²) in [5, 5.41) is 7.42. The Hall–Kier alpha value is -2.28.